The zero-order valence-corrected chi connectivity index (χ0v) is 13.4. The largest absolute Gasteiger partial charge is 0.466 e. The molecule has 0 aromatic carbocycles. The van der Waals surface area contributed by atoms with Crippen LogP contribution in [0, 0.1) is 0 Å². The normalized spacial score (nSPS) is 19.4. The van der Waals surface area contributed by atoms with Gasteiger partial charge in [0.05, 0.1) is 39.3 Å². The first-order valence-electron chi connectivity index (χ1n) is 8.23. The van der Waals surface area contributed by atoms with E-state index in [4.69, 9.17) is 19.7 Å². The van der Waals surface area contributed by atoms with E-state index < -0.39 is 0 Å². The van der Waals surface area contributed by atoms with E-state index in [0.717, 1.165) is 25.7 Å². The Bertz CT molecular complexity index is 252. The predicted octanol–water partition coefficient (Wildman–Crippen LogP) is 1.96. The highest BCUT2D eigenvalue weighted by molar-refractivity contribution is 5.77. The van der Waals surface area contributed by atoms with E-state index in [9.17, 15) is 9.59 Å². The highest BCUT2D eigenvalue weighted by Crippen LogP contribution is 2.09. The van der Waals surface area contributed by atoms with Crippen molar-refractivity contribution in [1.82, 2.24) is 0 Å². The Labute approximate surface area is 132 Å². The monoisotopic (exact) mass is 318 g/mol. The Morgan fingerprint density at radius 3 is 1.27 bits per heavy atom. The van der Waals surface area contributed by atoms with Crippen LogP contribution in [0.15, 0.2) is 0 Å². The molecule has 1 heterocycles. The summed E-state index contributed by atoms with van der Waals surface area (Å²) in [4.78, 5) is 22.6. The summed E-state index contributed by atoms with van der Waals surface area (Å²) in [5.74, 6) is -0.585. The lowest BCUT2D eigenvalue weighted by Crippen LogP contribution is -2.11. The number of rotatable bonds is 1. The van der Waals surface area contributed by atoms with Gasteiger partial charge in [0, 0.05) is 0 Å². The second kappa shape index (κ2) is 16.2. The van der Waals surface area contributed by atoms with Gasteiger partial charge < -0.3 is 19.7 Å². The van der Waals surface area contributed by atoms with Crippen molar-refractivity contribution in [3.63, 3.8) is 0 Å². The fourth-order valence-electron chi connectivity index (χ4n) is 1.99. The van der Waals surface area contributed by atoms with E-state index in [0.29, 0.717) is 13.2 Å². The summed E-state index contributed by atoms with van der Waals surface area (Å²) in [6, 6.07) is 0. The highest BCUT2D eigenvalue weighted by Gasteiger charge is 2.09. The molecule has 0 radical (unpaired) electrons. The number of esters is 2. The third-order valence-corrected chi connectivity index (χ3v) is 3.20. The molecule has 0 amide bonds. The van der Waals surface area contributed by atoms with Crippen LogP contribution in [0.25, 0.3) is 0 Å². The van der Waals surface area contributed by atoms with E-state index in [2.05, 4.69) is 0 Å². The minimum Gasteiger partial charge on any atom is -0.466 e. The van der Waals surface area contributed by atoms with Gasteiger partial charge in [0.2, 0.25) is 0 Å². The summed E-state index contributed by atoms with van der Waals surface area (Å²) in [7, 11) is 0. The summed E-state index contributed by atoms with van der Waals surface area (Å²) in [5, 5.41) is 15.2. The maximum atomic E-state index is 11.3. The average molecular weight is 318 g/mol. The molecule has 22 heavy (non-hydrogen) atoms. The molecule has 1 aliphatic heterocycles. The van der Waals surface area contributed by atoms with E-state index in [1.165, 1.54) is 25.7 Å². The number of aliphatic hydroxyl groups excluding tert-OH is 2. The van der Waals surface area contributed by atoms with Gasteiger partial charge in [-0.3, -0.25) is 9.59 Å². The third-order valence-electron chi connectivity index (χ3n) is 3.20. The van der Waals surface area contributed by atoms with Gasteiger partial charge in [-0.05, 0) is 12.8 Å². The molecule has 0 unspecified atom stereocenters. The molecular formula is C16H30O6. The lowest BCUT2D eigenvalue weighted by molar-refractivity contribution is -0.150. The molecule has 130 valence electrons. The summed E-state index contributed by atoms with van der Waals surface area (Å²) < 4.78 is 10.1. The van der Waals surface area contributed by atoms with Gasteiger partial charge >= 0.3 is 11.9 Å². The number of cyclic esters (lactones) is 2. The van der Waals surface area contributed by atoms with Crippen LogP contribution in [0.5, 0.6) is 0 Å². The molecule has 1 saturated heterocycles. The van der Waals surface area contributed by atoms with Gasteiger partial charge in [-0.15, -0.1) is 0 Å². The van der Waals surface area contributed by atoms with Crippen molar-refractivity contribution in [1.29, 1.82) is 0 Å². The second-order valence-corrected chi connectivity index (χ2v) is 5.22. The molecule has 0 aliphatic carbocycles. The number of hydrogen-bond acceptors (Lipinski definition) is 6. The Balaban J connectivity index is 0.000000980. The number of carbonyl (C=O) groups is 2. The Morgan fingerprint density at radius 2 is 0.955 bits per heavy atom. The molecule has 6 nitrogen and oxygen atoms in total. The topological polar surface area (TPSA) is 93.1 Å². The van der Waals surface area contributed by atoms with Crippen LogP contribution < -0.4 is 0 Å². The molecule has 0 aromatic rings. The molecule has 6 heteroatoms. The number of carbonyl (C=O) groups excluding carboxylic acids is 2. The molecular weight excluding hydrogens is 288 g/mol. The van der Waals surface area contributed by atoms with Crippen LogP contribution in [-0.4, -0.2) is 48.6 Å². The summed E-state index contributed by atoms with van der Waals surface area (Å²) in [6.07, 6.45) is 9.29. The molecule has 1 aliphatic rings. The van der Waals surface area contributed by atoms with Crippen molar-refractivity contribution >= 4 is 11.9 Å². The van der Waals surface area contributed by atoms with Gasteiger partial charge in [0.25, 0.3) is 0 Å². The first kappa shape index (κ1) is 20.9. The lowest BCUT2D eigenvalue weighted by atomic mass is 10.1. The van der Waals surface area contributed by atoms with E-state index in [1.807, 2.05) is 0 Å². The minimum absolute atomic E-state index is 0.125. The van der Waals surface area contributed by atoms with Gasteiger partial charge in [-0.25, -0.2) is 0 Å². The van der Waals surface area contributed by atoms with Crippen molar-refractivity contribution in [3.8, 4) is 0 Å². The van der Waals surface area contributed by atoms with Crippen LogP contribution in [0.1, 0.15) is 64.2 Å². The SMILES string of the molecule is O=C1CCC(=O)OCCCCCCCCCCO1.OCCO. The van der Waals surface area contributed by atoms with Gasteiger partial charge in [0.1, 0.15) is 0 Å². The Hall–Kier alpha value is -1.14. The maximum absolute atomic E-state index is 11.3. The summed E-state index contributed by atoms with van der Waals surface area (Å²) in [5.41, 5.74) is 0. The Morgan fingerprint density at radius 1 is 0.636 bits per heavy atom. The van der Waals surface area contributed by atoms with Crippen LogP contribution >= 0.6 is 0 Å². The fraction of sp³-hybridized carbons (Fsp3) is 0.875. The van der Waals surface area contributed by atoms with E-state index in [1.54, 1.807) is 0 Å². The highest BCUT2D eigenvalue weighted by atomic mass is 16.5. The summed E-state index contributed by atoms with van der Waals surface area (Å²) >= 11 is 0. The average Bonchev–Trinajstić information content (AvgIpc) is 2.53. The number of ether oxygens (including phenoxy) is 2. The molecule has 0 bridgehead atoms. The number of hydrogen-bond donors (Lipinski definition) is 2. The molecule has 0 saturated carbocycles. The smallest absolute Gasteiger partial charge is 0.306 e. The van der Waals surface area contributed by atoms with Gasteiger partial charge in [0.15, 0.2) is 0 Å². The first-order chi connectivity index (χ1) is 10.7. The molecule has 2 N–H and O–H groups in total. The molecule has 0 aromatic heterocycles. The molecule has 1 rings (SSSR count). The molecule has 1 fully saturated rings. The zero-order chi connectivity index (χ0) is 16.5. The van der Waals surface area contributed by atoms with Crippen molar-refractivity contribution in [2.24, 2.45) is 0 Å². The van der Waals surface area contributed by atoms with Crippen molar-refractivity contribution in [2.75, 3.05) is 26.4 Å². The zero-order valence-electron chi connectivity index (χ0n) is 13.4. The second-order valence-electron chi connectivity index (χ2n) is 5.22. The van der Waals surface area contributed by atoms with Crippen LogP contribution in [0.4, 0.5) is 0 Å². The number of aliphatic hydroxyl groups is 2. The summed E-state index contributed by atoms with van der Waals surface area (Å²) in [6.45, 7) is 0.710. The van der Waals surface area contributed by atoms with Crippen LogP contribution in [0.3, 0.4) is 0 Å². The maximum Gasteiger partial charge on any atom is 0.306 e. The van der Waals surface area contributed by atoms with E-state index in [-0.39, 0.29) is 38.0 Å². The van der Waals surface area contributed by atoms with Crippen molar-refractivity contribution in [2.45, 2.75) is 64.2 Å². The predicted molar refractivity (Wildman–Crippen MR) is 82.3 cm³/mol. The fourth-order valence-corrected chi connectivity index (χ4v) is 1.99. The van der Waals surface area contributed by atoms with E-state index >= 15 is 0 Å². The van der Waals surface area contributed by atoms with Crippen LogP contribution in [0.2, 0.25) is 0 Å². The quantitative estimate of drug-likeness (QED) is 0.718. The molecule has 0 atom stereocenters. The van der Waals surface area contributed by atoms with Gasteiger partial charge in [-0.1, -0.05) is 38.5 Å². The van der Waals surface area contributed by atoms with Crippen LogP contribution in [-0.2, 0) is 19.1 Å². The minimum atomic E-state index is -0.293. The molecule has 0 spiro atoms. The standard InChI is InChI=1S/C14H24O4.C2H6O2/c15-13-9-10-14(16)18-12-8-6-4-2-1-3-5-7-11-17-13;3-1-2-4/h1-12H2;3-4H,1-2H2. The van der Waals surface area contributed by atoms with Gasteiger partial charge in [-0.2, -0.15) is 0 Å². The third kappa shape index (κ3) is 15.3. The van der Waals surface area contributed by atoms with Crippen molar-refractivity contribution in [3.05, 3.63) is 0 Å². The first-order valence-corrected chi connectivity index (χ1v) is 8.23. The lowest BCUT2D eigenvalue weighted by Gasteiger charge is -2.07. The van der Waals surface area contributed by atoms with Crippen molar-refractivity contribution < 1.29 is 29.3 Å². The Kier molecular flexibility index (Phi) is 15.4.